The molecular weight excluding hydrogens is 218 g/mol. The SMILES string of the molecule is CCCC(CCC)Nc1cccc2ccccc12. The Morgan fingerprint density at radius 3 is 2.28 bits per heavy atom. The van der Waals surface area contributed by atoms with Crippen LogP contribution in [-0.4, -0.2) is 6.04 Å². The van der Waals surface area contributed by atoms with Gasteiger partial charge in [-0.15, -0.1) is 0 Å². The summed E-state index contributed by atoms with van der Waals surface area (Å²) in [5.74, 6) is 0. The molecule has 0 saturated carbocycles. The number of hydrogen-bond donors (Lipinski definition) is 1. The zero-order chi connectivity index (χ0) is 12.8. The summed E-state index contributed by atoms with van der Waals surface area (Å²) >= 11 is 0. The minimum atomic E-state index is 0.603. The summed E-state index contributed by atoms with van der Waals surface area (Å²) in [5.41, 5.74) is 1.28. The van der Waals surface area contributed by atoms with E-state index in [4.69, 9.17) is 0 Å². The summed E-state index contributed by atoms with van der Waals surface area (Å²) in [4.78, 5) is 0. The summed E-state index contributed by atoms with van der Waals surface area (Å²) in [5, 5.41) is 6.37. The molecule has 2 aromatic rings. The van der Waals surface area contributed by atoms with Gasteiger partial charge in [-0.05, 0) is 24.3 Å². The number of nitrogens with one attached hydrogen (secondary N) is 1. The van der Waals surface area contributed by atoms with Crippen LogP contribution in [0.15, 0.2) is 42.5 Å². The first-order chi connectivity index (χ1) is 8.85. The largest absolute Gasteiger partial charge is 0.382 e. The Morgan fingerprint density at radius 2 is 1.56 bits per heavy atom. The summed E-state index contributed by atoms with van der Waals surface area (Å²) in [6.45, 7) is 4.51. The van der Waals surface area contributed by atoms with Crippen molar-refractivity contribution in [2.24, 2.45) is 0 Å². The van der Waals surface area contributed by atoms with Crippen LogP contribution < -0.4 is 5.32 Å². The van der Waals surface area contributed by atoms with Crippen LogP contribution in [-0.2, 0) is 0 Å². The van der Waals surface area contributed by atoms with Crippen molar-refractivity contribution in [1.82, 2.24) is 0 Å². The maximum absolute atomic E-state index is 3.72. The molecule has 0 amide bonds. The highest BCUT2D eigenvalue weighted by Gasteiger charge is 2.08. The molecule has 0 radical (unpaired) electrons. The monoisotopic (exact) mass is 241 g/mol. The second kappa shape index (κ2) is 6.44. The van der Waals surface area contributed by atoms with Crippen molar-refractivity contribution in [1.29, 1.82) is 0 Å². The van der Waals surface area contributed by atoms with E-state index in [2.05, 4.69) is 61.6 Å². The standard InChI is InChI=1S/C17H23N/c1-3-8-15(9-4-2)18-17-13-7-11-14-10-5-6-12-16(14)17/h5-7,10-13,15,18H,3-4,8-9H2,1-2H3. The van der Waals surface area contributed by atoms with E-state index in [1.807, 2.05) is 0 Å². The molecule has 0 heterocycles. The second-order valence-corrected chi connectivity index (χ2v) is 4.95. The van der Waals surface area contributed by atoms with Gasteiger partial charge in [0.15, 0.2) is 0 Å². The van der Waals surface area contributed by atoms with Crippen molar-refractivity contribution in [3.8, 4) is 0 Å². The van der Waals surface area contributed by atoms with Crippen LogP contribution in [0, 0.1) is 0 Å². The van der Waals surface area contributed by atoms with E-state index in [1.165, 1.54) is 42.1 Å². The fraction of sp³-hybridized carbons (Fsp3) is 0.412. The molecular formula is C17H23N. The first kappa shape index (κ1) is 12.9. The van der Waals surface area contributed by atoms with Gasteiger partial charge in [-0.1, -0.05) is 63.1 Å². The third kappa shape index (κ3) is 3.04. The van der Waals surface area contributed by atoms with E-state index in [0.29, 0.717) is 6.04 Å². The average molecular weight is 241 g/mol. The van der Waals surface area contributed by atoms with Crippen molar-refractivity contribution in [3.05, 3.63) is 42.5 Å². The van der Waals surface area contributed by atoms with Crippen LogP contribution >= 0.6 is 0 Å². The molecule has 1 heteroatoms. The minimum Gasteiger partial charge on any atom is -0.382 e. The summed E-state index contributed by atoms with van der Waals surface area (Å²) in [7, 11) is 0. The third-order valence-corrected chi connectivity index (χ3v) is 3.42. The zero-order valence-corrected chi connectivity index (χ0v) is 11.4. The Kier molecular flexibility index (Phi) is 4.63. The number of anilines is 1. The van der Waals surface area contributed by atoms with Crippen LogP contribution in [0.2, 0.25) is 0 Å². The molecule has 0 unspecified atom stereocenters. The molecule has 0 aliphatic carbocycles. The molecule has 2 aromatic carbocycles. The average Bonchev–Trinajstić information content (AvgIpc) is 2.40. The highest BCUT2D eigenvalue weighted by Crippen LogP contribution is 2.25. The van der Waals surface area contributed by atoms with E-state index in [9.17, 15) is 0 Å². The molecule has 0 aromatic heterocycles. The Balaban J connectivity index is 2.24. The van der Waals surface area contributed by atoms with Gasteiger partial charge < -0.3 is 5.32 Å². The number of fused-ring (bicyclic) bond motifs is 1. The zero-order valence-electron chi connectivity index (χ0n) is 11.4. The van der Waals surface area contributed by atoms with Gasteiger partial charge in [-0.3, -0.25) is 0 Å². The van der Waals surface area contributed by atoms with Gasteiger partial charge in [-0.2, -0.15) is 0 Å². The maximum Gasteiger partial charge on any atom is 0.0422 e. The Bertz CT molecular complexity index is 478. The van der Waals surface area contributed by atoms with Gasteiger partial charge in [0.25, 0.3) is 0 Å². The number of benzene rings is 2. The molecule has 0 fully saturated rings. The molecule has 1 nitrogen and oxygen atoms in total. The van der Waals surface area contributed by atoms with Gasteiger partial charge >= 0.3 is 0 Å². The summed E-state index contributed by atoms with van der Waals surface area (Å²) in [6.07, 6.45) is 4.97. The molecule has 0 aliphatic rings. The first-order valence-corrected chi connectivity index (χ1v) is 7.09. The lowest BCUT2D eigenvalue weighted by molar-refractivity contribution is 0.587. The number of hydrogen-bond acceptors (Lipinski definition) is 1. The molecule has 0 bridgehead atoms. The lowest BCUT2D eigenvalue weighted by Crippen LogP contribution is -2.18. The lowest BCUT2D eigenvalue weighted by atomic mass is 10.0. The van der Waals surface area contributed by atoms with Crippen molar-refractivity contribution < 1.29 is 0 Å². The predicted molar refractivity (Wildman–Crippen MR) is 81.2 cm³/mol. The van der Waals surface area contributed by atoms with Crippen LogP contribution in [0.3, 0.4) is 0 Å². The van der Waals surface area contributed by atoms with Crippen molar-refractivity contribution >= 4 is 16.5 Å². The highest BCUT2D eigenvalue weighted by atomic mass is 14.9. The highest BCUT2D eigenvalue weighted by molar-refractivity contribution is 5.93. The molecule has 0 saturated heterocycles. The van der Waals surface area contributed by atoms with Crippen LogP contribution in [0.4, 0.5) is 5.69 Å². The maximum atomic E-state index is 3.72. The second-order valence-electron chi connectivity index (χ2n) is 4.95. The van der Waals surface area contributed by atoms with E-state index < -0.39 is 0 Å². The Morgan fingerprint density at radius 1 is 0.889 bits per heavy atom. The van der Waals surface area contributed by atoms with Crippen LogP contribution in [0.1, 0.15) is 39.5 Å². The van der Waals surface area contributed by atoms with Gasteiger partial charge in [-0.25, -0.2) is 0 Å². The molecule has 1 N–H and O–H groups in total. The lowest BCUT2D eigenvalue weighted by Gasteiger charge is -2.20. The van der Waals surface area contributed by atoms with E-state index in [0.717, 1.165) is 0 Å². The molecule has 0 aliphatic heterocycles. The summed E-state index contributed by atoms with van der Waals surface area (Å²) < 4.78 is 0. The fourth-order valence-corrected chi connectivity index (χ4v) is 2.56. The smallest absolute Gasteiger partial charge is 0.0422 e. The Labute approximate surface area is 110 Å². The van der Waals surface area contributed by atoms with E-state index >= 15 is 0 Å². The van der Waals surface area contributed by atoms with Crippen LogP contribution in [0.25, 0.3) is 10.8 Å². The van der Waals surface area contributed by atoms with Gasteiger partial charge in [0.05, 0.1) is 0 Å². The van der Waals surface area contributed by atoms with Gasteiger partial charge in [0.1, 0.15) is 0 Å². The van der Waals surface area contributed by atoms with Gasteiger partial charge in [0, 0.05) is 17.1 Å². The molecule has 0 spiro atoms. The third-order valence-electron chi connectivity index (χ3n) is 3.42. The van der Waals surface area contributed by atoms with Crippen molar-refractivity contribution in [3.63, 3.8) is 0 Å². The Hall–Kier alpha value is -1.50. The van der Waals surface area contributed by atoms with Crippen molar-refractivity contribution in [2.45, 2.75) is 45.6 Å². The van der Waals surface area contributed by atoms with Crippen LogP contribution in [0.5, 0.6) is 0 Å². The molecule has 18 heavy (non-hydrogen) atoms. The topological polar surface area (TPSA) is 12.0 Å². The van der Waals surface area contributed by atoms with E-state index in [1.54, 1.807) is 0 Å². The molecule has 0 atom stereocenters. The minimum absolute atomic E-state index is 0.603. The fourth-order valence-electron chi connectivity index (χ4n) is 2.56. The molecule has 96 valence electrons. The van der Waals surface area contributed by atoms with Crippen molar-refractivity contribution in [2.75, 3.05) is 5.32 Å². The predicted octanol–water partition coefficient (Wildman–Crippen LogP) is 5.22. The molecule has 2 rings (SSSR count). The quantitative estimate of drug-likeness (QED) is 0.731. The summed E-state index contributed by atoms with van der Waals surface area (Å²) in [6, 6.07) is 15.7. The number of rotatable bonds is 6. The first-order valence-electron chi connectivity index (χ1n) is 7.09. The normalized spacial score (nSPS) is 11.1. The van der Waals surface area contributed by atoms with E-state index in [-0.39, 0.29) is 0 Å². The van der Waals surface area contributed by atoms with Gasteiger partial charge in [0.2, 0.25) is 0 Å².